The van der Waals surface area contributed by atoms with Crippen molar-refractivity contribution in [1.29, 1.82) is 0 Å². The first kappa shape index (κ1) is 20.0. The van der Waals surface area contributed by atoms with Crippen molar-refractivity contribution in [3.05, 3.63) is 45.8 Å². The predicted octanol–water partition coefficient (Wildman–Crippen LogP) is 3.53. The highest BCUT2D eigenvalue weighted by molar-refractivity contribution is 7.99. The molecule has 29 heavy (non-hydrogen) atoms. The Kier molecular flexibility index (Phi) is 5.65. The van der Waals surface area contributed by atoms with Crippen LogP contribution in [-0.2, 0) is 4.79 Å². The van der Waals surface area contributed by atoms with Gasteiger partial charge in [-0.2, -0.15) is 5.10 Å². The Labute approximate surface area is 177 Å². The summed E-state index contributed by atoms with van der Waals surface area (Å²) in [6, 6.07) is 7.03. The first-order valence-corrected chi connectivity index (χ1v) is 11.0. The van der Waals surface area contributed by atoms with Gasteiger partial charge in [0, 0.05) is 30.8 Å². The van der Waals surface area contributed by atoms with E-state index in [0.29, 0.717) is 33.4 Å². The average molecular weight is 432 g/mol. The highest BCUT2D eigenvalue weighted by atomic mass is 35.5. The molecule has 1 unspecified atom stereocenters. The van der Waals surface area contributed by atoms with Crippen LogP contribution in [0.1, 0.15) is 32.2 Å². The Hall–Kier alpha value is -2.32. The summed E-state index contributed by atoms with van der Waals surface area (Å²) >= 11 is 7.47. The van der Waals surface area contributed by atoms with Gasteiger partial charge in [-0.15, -0.1) is 0 Å². The zero-order valence-corrected chi connectivity index (χ0v) is 17.9. The highest BCUT2D eigenvalue weighted by Gasteiger charge is 2.30. The van der Waals surface area contributed by atoms with E-state index >= 15 is 0 Å². The third-order valence-electron chi connectivity index (χ3n) is 5.12. The van der Waals surface area contributed by atoms with Gasteiger partial charge in [-0.1, -0.05) is 36.7 Å². The van der Waals surface area contributed by atoms with E-state index in [1.165, 1.54) is 11.8 Å². The second-order valence-electron chi connectivity index (χ2n) is 7.18. The molecule has 0 fully saturated rings. The number of hydrogen-bond donors (Lipinski definition) is 0. The van der Waals surface area contributed by atoms with Crippen LogP contribution in [0.25, 0.3) is 16.7 Å². The standard InChI is InChI=1S/C20H22ClN5O2S/c1-3-4-9-24(2)17(27)10-15-12-29-20-23-18-16(19(28)25(15)20)11-22-26(18)14-7-5-13(21)6-8-14/h5-8,11,15H,3-4,9-10,12H2,1-2H3. The maximum absolute atomic E-state index is 13.2. The summed E-state index contributed by atoms with van der Waals surface area (Å²) in [6.07, 6.45) is 3.86. The smallest absolute Gasteiger partial charge is 0.265 e. The monoisotopic (exact) mass is 431 g/mol. The van der Waals surface area contributed by atoms with Crippen molar-refractivity contribution in [2.45, 2.75) is 37.4 Å². The molecule has 1 amide bonds. The van der Waals surface area contributed by atoms with Crippen molar-refractivity contribution in [2.75, 3.05) is 19.3 Å². The molecule has 2 aromatic heterocycles. The third-order valence-corrected chi connectivity index (χ3v) is 6.47. The second kappa shape index (κ2) is 8.20. The van der Waals surface area contributed by atoms with Crippen LogP contribution in [0, 0.1) is 0 Å². The van der Waals surface area contributed by atoms with Gasteiger partial charge in [0.2, 0.25) is 5.91 Å². The number of hydrogen-bond acceptors (Lipinski definition) is 5. The van der Waals surface area contributed by atoms with Crippen molar-refractivity contribution in [3.63, 3.8) is 0 Å². The van der Waals surface area contributed by atoms with Crippen molar-refractivity contribution in [2.24, 2.45) is 0 Å². The molecular formula is C20H22ClN5O2S. The third kappa shape index (κ3) is 3.79. The lowest BCUT2D eigenvalue weighted by Gasteiger charge is -2.20. The fraction of sp³-hybridized carbons (Fsp3) is 0.400. The predicted molar refractivity (Wildman–Crippen MR) is 115 cm³/mol. The largest absolute Gasteiger partial charge is 0.346 e. The Balaban J connectivity index is 1.66. The van der Waals surface area contributed by atoms with Crippen molar-refractivity contribution >= 4 is 40.3 Å². The number of aromatic nitrogens is 4. The molecule has 152 valence electrons. The molecule has 0 N–H and O–H groups in total. The van der Waals surface area contributed by atoms with E-state index in [1.807, 2.05) is 19.2 Å². The summed E-state index contributed by atoms with van der Waals surface area (Å²) in [5, 5.41) is 6.07. The molecule has 1 aliphatic heterocycles. The quantitative estimate of drug-likeness (QED) is 0.558. The van der Waals surface area contributed by atoms with Crippen LogP contribution in [0.3, 0.4) is 0 Å². The van der Waals surface area contributed by atoms with Gasteiger partial charge in [0.1, 0.15) is 5.39 Å². The van der Waals surface area contributed by atoms with Gasteiger partial charge in [-0.25, -0.2) is 9.67 Å². The number of thioether (sulfide) groups is 1. The van der Waals surface area contributed by atoms with Crippen LogP contribution in [0.2, 0.25) is 5.02 Å². The maximum atomic E-state index is 13.2. The highest BCUT2D eigenvalue weighted by Crippen LogP contribution is 2.33. The first-order valence-electron chi connectivity index (χ1n) is 9.62. The Morgan fingerprint density at radius 1 is 1.34 bits per heavy atom. The van der Waals surface area contributed by atoms with Gasteiger partial charge in [-0.3, -0.25) is 14.2 Å². The van der Waals surface area contributed by atoms with Crippen molar-refractivity contribution in [1.82, 2.24) is 24.2 Å². The second-order valence-corrected chi connectivity index (χ2v) is 8.60. The van der Waals surface area contributed by atoms with Gasteiger partial charge >= 0.3 is 0 Å². The molecule has 0 spiro atoms. The summed E-state index contributed by atoms with van der Waals surface area (Å²) in [5.41, 5.74) is 1.15. The molecule has 0 saturated heterocycles. The molecule has 7 nitrogen and oxygen atoms in total. The number of halogens is 1. The van der Waals surface area contributed by atoms with Gasteiger partial charge in [0.15, 0.2) is 10.8 Å². The van der Waals surface area contributed by atoms with Crippen LogP contribution in [0.4, 0.5) is 0 Å². The number of fused-ring (bicyclic) bond motifs is 2. The zero-order valence-electron chi connectivity index (χ0n) is 16.3. The molecular weight excluding hydrogens is 410 g/mol. The van der Waals surface area contributed by atoms with Crippen molar-refractivity contribution in [3.8, 4) is 5.69 Å². The van der Waals surface area contributed by atoms with Crippen LogP contribution < -0.4 is 5.56 Å². The van der Waals surface area contributed by atoms with E-state index in [-0.39, 0.29) is 17.5 Å². The summed E-state index contributed by atoms with van der Waals surface area (Å²) in [6.45, 7) is 2.84. The van der Waals surface area contributed by atoms with E-state index in [9.17, 15) is 9.59 Å². The molecule has 1 aromatic carbocycles. The summed E-state index contributed by atoms with van der Waals surface area (Å²) in [7, 11) is 1.82. The van der Waals surface area contributed by atoms with Crippen LogP contribution in [-0.4, -0.2) is 49.5 Å². The number of unbranched alkanes of at least 4 members (excludes halogenated alkanes) is 1. The van der Waals surface area contributed by atoms with E-state index in [1.54, 1.807) is 32.5 Å². The minimum Gasteiger partial charge on any atom is -0.346 e. The minimum atomic E-state index is -0.185. The molecule has 1 aliphatic rings. The van der Waals surface area contributed by atoms with E-state index in [0.717, 1.165) is 25.1 Å². The average Bonchev–Trinajstić information content (AvgIpc) is 3.32. The number of amides is 1. The molecule has 0 aliphatic carbocycles. The molecule has 3 aromatic rings. The van der Waals surface area contributed by atoms with E-state index < -0.39 is 0 Å². The fourth-order valence-corrected chi connectivity index (χ4v) is 4.69. The van der Waals surface area contributed by atoms with Gasteiger partial charge in [0.05, 0.1) is 17.9 Å². The minimum absolute atomic E-state index is 0.0563. The van der Waals surface area contributed by atoms with Crippen molar-refractivity contribution < 1.29 is 4.79 Å². The number of rotatable bonds is 6. The zero-order chi connectivity index (χ0) is 20.5. The van der Waals surface area contributed by atoms with Gasteiger partial charge < -0.3 is 4.90 Å². The van der Waals surface area contributed by atoms with Gasteiger partial charge in [0.25, 0.3) is 5.56 Å². The summed E-state index contributed by atoms with van der Waals surface area (Å²) in [4.78, 5) is 32.2. The molecule has 0 bridgehead atoms. The molecule has 0 radical (unpaired) electrons. The topological polar surface area (TPSA) is 73.0 Å². The lowest BCUT2D eigenvalue weighted by molar-refractivity contribution is -0.130. The summed E-state index contributed by atoms with van der Waals surface area (Å²) < 4.78 is 3.30. The molecule has 9 heteroatoms. The van der Waals surface area contributed by atoms with Crippen LogP contribution >= 0.6 is 23.4 Å². The van der Waals surface area contributed by atoms with Crippen LogP contribution in [0.5, 0.6) is 0 Å². The SMILES string of the molecule is CCCCN(C)C(=O)CC1CSc2nc3c(cnn3-c3ccc(Cl)cc3)c(=O)n21. The Morgan fingerprint density at radius 2 is 2.10 bits per heavy atom. The number of carbonyl (C=O) groups is 1. The Bertz CT molecular complexity index is 1110. The maximum Gasteiger partial charge on any atom is 0.265 e. The Morgan fingerprint density at radius 3 is 2.83 bits per heavy atom. The fourth-order valence-electron chi connectivity index (χ4n) is 3.43. The lowest BCUT2D eigenvalue weighted by Crippen LogP contribution is -2.32. The normalized spacial score (nSPS) is 15.6. The molecule has 0 saturated carbocycles. The number of benzene rings is 1. The van der Waals surface area contributed by atoms with E-state index in [2.05, 4.69) is 12.0 Å². The molecule has 1 atom stereocenters. The summed E-state index contributed by atoms with van der Waals surface area (Å²) in [5.74, 6) is 0.720. The van der Waals surface area contributed by atoms with E-state index in [4.69, 9.17) is 16.6 Å². The number of nitrogens with zero attached hydrogens (tertiary/aromatic N) is 5. The lowest BCUT2D eigenvalue weighted by atomic mass is 10.2. The van der Waals surface area contributed by atoms with Crippen LogP contribution in [0.15, 0.2) is 40.4 Å². The molecule has 4 rings (SSSR count). The number of carbonyl (C=O) groups excluding carboxylic acids is 1. The van der Waals surface area contributed by atoms with Gasteiger partial charge in [-0.05, 0) is 30.7 Å². The molecule has 3 heterocycles. The first-order chi connectivity index (χ1) is 14.0.